The van der Waals surface area contributed by atoms with Crippen LogP contribution >= 0.6 is 0 Å². The smallest absolute Gasteiger partial charge is 1.00 e. The van der Waals surface area contributed by atoms with E-state index in [2.05, 4.69) is 68.5 Å². The van der Waals surface area contributed by atoms with E-state index in [4.69, 9.17) is 0 Å². The van der Waals surface area contributed by atoms with Crippen LogP contribution in [0.5, 0.6) is 0 Å². The largest absolute Gasteiger partial charge is 1.00 e. The monoisotopic (exact) mass is 517 g/mol. The van der Waals surface area contributed by atoms with Gasteiger partial charge in [-0.25, -0.2) is 0 Å². The third-order valence-corrected chi connectivity index (χ3v) is 5.85. The Bertz CT molecular complexity index is 1070. The summed E-state index contributed by atoms with van der Waals surface area (Å²) in [5, 5.41) is 5.64. The van der Waals surface area contributed by atoms with Gasteiger partial charge in [0.2, 0.25) is 0 Å². The van der Waals surface area contributed by atoms with Gasteiger partial charge in [-0.3, -0.25) is 0 Å². The Morgan fingerprint density at radius 3 is 2.21 bits per heavy atom. The molecule has 2 aliphatic rings. The summed E-state index contributed by atoms with van der Waals surface area (Å²) in [6.07, 6.45) is 7.79. The zero-order chi connectivity index (χ0) is 15.3. The third kappa shape index (κ3) is 3.04. The van der Waals surface area contributed by atoms with Crippen LogP contribution in [0.4, 0.5) is 0 Å². The van der Waals surface area contributed by atoms with Gasteiger partial charge < -0.3 is 34.0 Å². The second kappa shape index (κ2) is 7.81. The second-order valence-electron chi connectivity index (χ2n) is 6.16. The van der Waals surface area contributed by atoms with Crippen molar-refractivity contribution in [2.75, 3.05) is 0 Å². The summed E-state index contributed by atoms with van der Waals surface area (Å²) >= 11 is 1.50. The molecule has 119 valence electrons. The van der Waals surface area contributed by atoms with E-state index in [1.807, 2.05) is 0 Å². The molecule has 0 spiro atoms. The van der Waals surface area contributed by atoms with Crippen molar-refractivity contribution in [1.29, 1.82) is 0 Å². The Morgan fingerprint density at radius 1 is 0.875 bits per heavy atom. The molecule has 0 amide bonds. The molecule has 4 rings (SSSR count). The number of rotatable bonds is 1. The molecule has 2 aliphatic carbocycles. The fraction of sp³-hybridized carbons (Fsp3) is 0.143. The van der Waals surface area contributed by atoms with Crippen molar-refractivity contribution in [3.8, 4) is 0 Å². The number of allylic oxidation sites excluding steroid dienone is 4. The van der Waals surface area contributed by atoms with Crippen molar-refractivity contribution >= 4 is 14.4 Å². The maximum absolute atomic E-state index is 2.32. The minimum Gasteiger partial charge on any atom is -1.00 e. The summed E-state index contributed by atoms with van der Waals surface area (Å²) in [5.74, 6) is 0. The molecule has 0 aliphatic heterocycles. The maximum atomic E-state index is 2.32. The molecule has 0 saturated carbocycles. The molecular weight excluding hydrogens is 503 g/mol. The van der Waals surface area contributed by atoms with Gasteiger partial charge >= 0.3 is 146 Å². The van der Waals surface area contributed by atoms with Gasteiger partial charge in [0.05, 0.1) is 0 Å². The number of benzene rings is 2. The Morgan fingerprint density at radius 2 is 1.58 bits per heavy atom. The SMILES string of the molecule is CC(C)=c1ccc2c(c1C1=CC=CC1)[C]([Zr+2])=c1ccccc1=2.[Br-].[Br-]. The van der Waals surface area contributed by atoms with Crippen LogP contribution in [0.2, 0.25) is 0 Å². The number of fused-ring (bicyclic) bond motifs is 2. The van der Waals surface area contributed by atoms with Crippen LogP contribution in [0.1, 0.15) is 31.4 Å². The van der Waals surface area contributed by atoms with Gasteiger partial charge in [-0.05, 0) is 0 Å². The molecule has 3 heteroatoms. The van der Waals surface area contributed by atoms with Gasteiger partial charge in [0.25, 0.3) is 0 Å². The van der Waals surface area contributed by atoms with Crippen LogP contribution in [-0.2, 0) is 24.7 Å². The van der Waals surface area contributed by atoms with E-state index in [-0.39, 0.29) is 34.0 Å². The fourth-order valence-corrected chi connectivity index (χ4v) is 4.71. The number of hydrogen-bond donors (Lipinski definition) is 0. The number of halogens is 2. The summed E-state index contributed by atoms with van der Waals surface area (Å²) < 4.78 is 1.50. The van der Waals surface area contributed by atoms with Crippen LogP contribution in [0.15, 0.2) is 54.6 Å². The van der Waals surface area contributed by atoms with Crippen molar-refractivity contribution in [2.24, 2.45) is 0 Å². The van der Waals surface area contributed by atoms with E-state index in [9.17, 15) is 0 Å². The Hall–Kier alpha value is -0.497. The average molecular weight is 520 g/mol. The van der Waals surface area contributed by atoms with Crippen molar-refractivity contribution in [2.45, 2.75) is 20.3 Å². The first kappa shape index (κ1) is 19.8. The van der Waals surface area contributed by atoms with Gasteiger partial charge in [0, 0.05) is 0 Å². The first-order chi connectivity index (χ1) is 10.7. The van der Waals surface area contributed by atoms with E-state index in [0.29, 0.717) is 0 Å². The Balaban J connectivity index is 0.00000104. The van der Waals surface area contributed by atoms with Crippen LogP contribution in [0.3, 0.4) is 0 Å². The predicted molar refractivity (Wildman–Crippen MR) is 88.8 cm³/mol. The van der Waals surface area contributed by atoms with Crippen LogP contribution in [0.25, 0.3) is 14.4 Å². The van der Waals surface area contributed by atoms with Crippen molar-refractivity contribution in [1.82, 2.24) is 0 Å². The van der Waals surface area contributed by atoms with Crippen molar-refractivity contribution in [3.63, 3.8) is 0 Å². The minimum atomic E-state index is 0. The molecule has 0 atom stereocenters. The van der Waals surface area contributed by atoms with Crippen LogP contribution < -0.4 is 44.4 Å². The molecule has 2 aromatic rings. The van der Waals surface area contributed by atoms with E-state index in [0.717, 1.165) is 6.42 Å². The molecule has 0 nitrogen and oxygen atoms in total. The molecule has 0 N–H and O–H groups in total. The van der Waals surface area contributed by atoms with E-state index >= 15 is 0 Å². The summed E-state index contributed by atoms with van der Waals surface area (Å²) in [5.41, 5.74) is 5.80. The van der Waals surface area contributed by atoms with Crippen molar-refractivity contribution < 1.29 is 58.7 Å². The predicted octanol–water partition coefficient (Wildman–Crippen LogP) is -2.47. The number of hydrogen-bond acceptors (Lipinski definition) is 0. The molecule has 24 heavy (non-hydrogen) atoms. The standard InChI is InChI=1S/C21H17.2BrH.Zr/c1-14(2)17-11-12-19-18-10-6-5-9-16(18)13-20(19)21(17)15-7-3-4-8-15;;;/h3-7,9-12H,8H2,1-2H3;2*1H;/q;;;+2/p-2. The topological polar surface area (TPSA) is 0 Å². The molecule has 0 heterocycles. The quantitative estimate of drug-likeness (QED) is 0.392. The molecular formula is C21H17Br2Zr. The summed E-state index contributed by atoms with van der Waals surface area (Å²) in [6.45, 7) is 4.44. The van der Waals surface area contributed by atoms with E-state index in [1.54, 1.807) is 0 Å². The van der Waals surface area contributed by atoms with Crippen LogP contribution in [-0.4, -0.2) is 0 Å². The molecule has 2 aromatic carbocycles. The zero-order valence-electron chi connectivity index (χ0n) is 13.7. The van der Waals surface area contributed by atoms with Crippen molar-refractivity contribution in [3.05, 3.63) is 86.6 Å². The Kier molecular flexibility index (Phi) is 6.45. The summed E-state index contributed by atoms with van der Waals surface area (Å²) in [4.78, 5) is 0. The summed E-state index contributed by atoms with van der Waals surface area (Å²) in [6, 6.07) is 13.5. The van der Waals surface area contributed by atoms with E-state index in [1.165, 1.54) is 71.1 Å². The first-order valence-corrected chi connectivity index (χ1v) is 8.93. The molecule has 0 radical (unpaired) electrons. The van der Waals surface area contributed by atoms with Gasteiger partial charge in [0.1, 0.15) is 0 Å². The zero-order valence-corrected chi connectivity index (χ0v) is 19.3. The van der Waals surface area contributed by atoms with E-state index < -0.39 is 0 Å². The first-order valence-electron chi connectivity index (χ1n) is 7.71. The Labute approximate surface area is 178 Å². The minimum absolute atomic E-state index is 0. The maximum Gasteiger partial charge on any atom is -1.00 e. The molecule has 0 fully saturated rings. The van der Waals surface area contributed by atoms with Gasteiger partial charge in [-0.1, -0.05) is 0 Å². The molecule has 0 unspecified atom stereocenters. The second-order valence-corrected chi connectivity index (χ2v) is 7.38. The molecule has 0 bridgehead atoms. The van der Waals surface area contributed by atoms with Gasteiger partial charge in [-0.15, -0.1) is 0 Å². The van der Waals surface area contributed by atoms with Crippen LogP contribution in [0, 0.1) is 10.4 Å². The third-order valence-electron chi connectivity index (χ3n) is 4.57. The van der Waals surface area contributed by atoms with Gasteiger partial charge in [0.15, 0.2) is 0 Å². The normalized spacial score (nSPS) is 13.7. The fourth-order valence-electron chi connectivity index (χ4n) is 3.54. The van der Waals surface area contributed by atoms with Gasteiger partial charge in [-0.2, -0.15) is 0 Å². The average Bonchev–Trinajstić information content (AvgIpc) is 3.15. The summed E-state index contributed by atoms with van der Waals surface area (Å²) in [7, 11) is 0. The molecule has 0 saturated heterocycles. The molecule has 0 aromatic heterocycles.